The van der Waals surface area contributed by atoms with Crippen molar-refractivity contribution in [3.05, 3.63) is 28.8 Å². The van der Waals surface area contributed by atoms with E-state index in [-0.39, 0.29) is 0 Å². The van der Waals surface area contributed by atoms with E-state index in [2.05, 4.69) is 0 Å². The Morgan fingerprint density at radius 3 is 2.35 bits per heavy atom. The zero-order chi connectivity index (χ0) is 13.0. The molecule has 0 spiro atoms. The molecule has 94 valence electrons. The zero-order valence-corrected chi connectivity index (χ0v) is 10.6. The van der Waals surface area contributed by atoms with Gasteiger partial charge in [-0.2, -0.15) is 0 Å². The van der Waals surface area contributed by atoms with E-state index in [1.807, 2.05) is 26.0 Å². The fourth-order valence-corrected chi connectivity index (χ4v) is 1.67. The Kier molecular flexibility index (Phi) is 4.52. The van der Waals surface area contributed by atoms with Gasteiger partial charge in [-0.3, -0.25) is 0 Å². The quantitative estimate of drug-likeness (QED) is 0.852. The average molecular weight is 238 g/mol. The van der Waals surface area contributed by atoms with Crippen LogP contribution >= 0.6 is 0 Å². The van der Waals surface area contributed by atoms with Crippen LogP contribution in [0.5, 0.6) is 5.75 Å². The van der Waals surface area contributed by atoms with E-state index in [0.29, 0.717) is 12.2 Å². The lowest BCUT2D eigenvalue weighted by Gasteiger charge is -2.15. The summed E-state index contributed by atoms with van der Waals surface area (Å²) in [6, 6.07) is 3.86. The second-order valence-corrected chi connectivity index (χ2v) is 4.02. The first-order chi connectivity index (χ1) is 7.99. The molecule has 1 rings (SSSR count). The van der Waals surface area contributed by atoms with E-state index in [1.54, 1.807) is 7.11 Å². The predicted molar refractivity (Wildman–Crippen MR) is 64.6 cm³/mol. The van der Waals surface area contributed by atoms with E-state index in [1.165, 1.54) is 7.11 Å². The monoisotopic (exact) mass is 238 g/mol. The lowest BCUT2D eigenvalue weighted by Crippen LogP contribution is -2.25. The van der Waals surface area contributed by atoms with Crippen LogP contribution in [0.4, 0.5) is 0 Å². The van der Waals surface area contributed by atoms with Crippen LogP contribution in [0.15, 0.2) is 12.1 Å². The van der Waals surface area contributed by atoms with Crippen LogP contribution in [0, 0.1) is 13.8 Å². The first kappa shape index (κ1) is 13.5. The highest BCUT2D eigenvalue weighted by molar-refractivity contribution is 5.73. The first-order valence-corrected chi connectivity index (χ1v) is 5.39. The van der Waals surface area contributed by atoms with Crippen molar-refractivity contribution in [2.45, 2.75) is 26.4 Å². The predicted octanol–water partition coefficient (Wildman–Crippen LogP) is 1.95. The maximum Gasteiger partial charge on any atom is 0.333 e. The normalized spacial score (nSPS) is 12.2. The molecule has 1 aromatic rings. The standard InChI is InChI=1S/C13H18O4/c1-8-5-10(7-12(17-4)13(14)15)11(16-3)6-9(8)2/h5-6,12H,7H2,1-4H3,(H,14,15). The van der Waals surface area contributed by atoms with Gasteiger partial charge < -0.3 is 14.6 Å². The fourth-order valence-electron chi connectivity index (χ4n) is 1.67. The Hall–Kier alpha value is -1.55. The Morgan fingerprint density at radius 1 is 1.29 bits per heavy atom. The zero-order valence-electron chi connectivity index (χ0n) is 10.6. The van der Waals surface area contributed by atoms with Gasteiger partial charge >= 0.3 is 5.97 Å². The fraction of sp³-hybridized carbons (Fsp3) is 0.462. The molecule has 0 fully saturated rings. The SMILES string of the molecule is COc1cc(C)c(C)cc1CC(OC)C(=O)O. The third-order valence-corrected chi connectivity index (χ3v) is 2.86. The van der Waals surface area contributed by atoms with Crippen molar-refractivity contribution >= 4 is 5.97 Å². The number of ether oxygens (including phenoxy) is 2. The number of rotatable bonds is 5. The highest BCUT2D eigenvalue weighted by atomic mass is 16.5. The smallest absolute Gasteiger partial charge is 0.333 e. The number of hydrogen-bond donors (Lipinski definition) is 1. The molecule has 0 saturated heterocycles. The summed E-state index contributed by atoms with van der Waals surface area (Å²) in [4.78, 5) is 10.9. The Labute approximate surface area is 101 Å². The Balaban J connectivity index is 3.04. The second kappa shape index (κ2) is 5.68. The number of carboxylic acid groups (broad SMARTS) is 1. The van der Waals surface area contributed by atoms with Gasteiger partial charge in [0.25, 0.3) is 0 Å². The highest BCUT2D eigenvalue weighted by Gasteiger charge is 2.19. The molecule has 0 saturated carbocycles. The molecule has 1 unspecified atom stereocenters. The molecule has 0 aliphatic rings. The van der Waals surface area contributed by atoms with E-state index < -0.39 is 12.1 Å². The van der Waals surface area contributed by atoms with Crippen LogP contribution in [-0.2, 0) is 16.0 Å². The summed E-state index contributed by atoms with van der Waals surface area (Å²) in [5.41, 5.74) is 3.08. The van der Waals surface area contributed by atoms with Crippen LogP contribution in [0.2, 0.25) is 0 Å². The van der Waals surface area contributed by atoms with Gasteiger partial charge in [0.05, 0.1) is 7.11 Å². The minimum Gasteiger partial charge on any atom is -0.496 e. The number of carbonyl (C=O) groups is 1. The molecule has 0 radical (unpaired) electrons. The van der Waals surface area contributed by atoms with Crippen molar-refractivity contribution in [2.24, 2.45) is 0 Å². The maximum absolute atomic E-state index is 10.9. The number of carboxylic acids is 1. The van der Waals surface area contributed by atoms with Crippen molar-refractivity contribution in [3.8, 4) is 5.75 Å². The number of aliphatic carboxylic acids is 1. The lowest BCUT2D eigenvalue weighted by molar-refractivity contribution is -0.148. The minimum absolute atomic E-state index is 0.302. The molecular weight excluding hydrogens is 220 g/mol. The molecule has 0 aliphatic heterocycles. The molecule has 0 bridgehead atoms. The van der Waals surface area contributed by atoms with Gasteiger partial charge in [0, 0.05) is 13.5 Å². The summed E-state index contributed by atoms with van der Waals surface area (Å²) in [7, 11) is 2.97. The van der Waals surface area contributed by atoms with Crippen molar-refractivity contribution in [3.63, 3.8) is 0 Å². The Morgan fingerprint density at radius 2 is 1.88 bits per heavy atom. The molecular formula is C13H18O4. The second-order valence-electron chi connectivity index (χ2n) is 4.02. The molecule has 0 aromatic heterocycles. The maximum atomic E-state index is 10.9. The van der Waals surface area contributed by atoms with Crippen molar-refractivity contribution in [2.75, 3.05) is 14.2 Å². The summed E-state index contributed by atoms with van der Waals surface area (Å²) in [6.45, 7) is 3.98. The van der Waals surface area contributed by atoms with Gasteiger partial charge in [-0.25, -0.2) is 4.79 Å². The number of methoxy groups -OCH3 is 2. The average Bonchev–Trinajstić information content (AvgIpc) is 2.29. The molecule has 17 heavy (non-hydrogen) atoms. The number of aryl methyl sites for hydroxylation is 2. The van der Waals surface area contributed by atoms with E-state index in [9.17, 15) is 4.79 Å². The van der Waals surface area contributed by atoms with Crippen molar-refractivity contribution in [1.82, 2.24) is 0 Å². The summed E-state index contributed by atoms with van der Waals surface area (Å²) in [6.07, 6.45) is -0.540. The largest absolute Gasteiger partial charge is 0.496 e. The highest BCUT2D eigenvalue weighted by Crippen LogP contribution is 2.24. The third-order valence-electron chi connectivity index (χ3n) is 2.86. The van der Waals surface area contributed by atoms with Gasteiger partial charge in [0.2, 0.25) is 0 Å². The van der Waals surface area contributed by atoms with Gasteiger partial charge in [0.15, 0.2) is 6.10 Å². The van der Waals surface area contributed by atoms with Crippen LogP contribution in [0.1, 0.15) is 16.7 Å². The van der Waals surface area contributed by atoms with E-state index in [0.717, 1.165) is 16.7 Å². The molecule has 0 heterocycles. The Bertz CT molecular complexity index is 412. The van der Waals surface area contributed by atoms with Crippen LogP contribution in [0.3, 0.4) is 0 Å². The topological polar surface area (TPSA) is 55.8 Å². The first-order valence-electron chi connectivity index (χ1n) is 5.39. The van der Waals surface area contributed by atoms with Crippen LogP contribution < -0.4 is 4.74 Å². The third kappa shape index (κ3) is 3.20. The van der Waals surface area contributed by atoms with Crippen molar-refractivity contribution in [1.29, 1.82) is 0 Å². The summed E-state index contributed by atoms with van der Waals surface area (Å²) in [5, 5.41) is 8.96. The molecule has 1 N–H and O–H groups in total. The number of hydrogen-bond acceptors (Lipinski definition) is 3. The van der Waals surface area contributed by atoms with Crippen LogP contribution in [0.25, 0.3) is 0 Å². The van der Waals surface area contributed by atoms with E-state index in [4.69, 9.17) is 14.6 Å². The summed E-state index contributed by atoms with van der Waals surface area (Å²) in [5.74, 6) is -0.260. The van der Waals surface area contributed by atoms with Gasteiger partial charge in [0.1, 0.15) is 5.75 Å². The van der Waals surface area contributed by atoms with Crippen molar-refractivity contribution < 1.29 is 19.4 Å². The van der Waals surface area contributed by atoms with Crippen LogP contribution in [-0.4, -0.2) is 31.4 Å². The van der Waals surface area contributed by atoms with Gasteiger partial charge in [-0.05, 0) is 36.6 Å². The summed E-state index contributed by atoms with van der Waals surface area (Å²) < 4.78 is 10.2. The van der Waals surface area contributed by atoms with Gasteiger partial charge in [-0.1, -0.05) is 6.07 Å². The molecule has 4 heteroatoms. The van der Waals surface area contributed by atoms with Gasteiger partial charge in [-0.15, -0.1) is 0 Å². The van der Waals surface area contributed by atoms with E-state index >= 15 is 0 Å². The number of benzene rings is 1. The molecule has 0 amide bonds. The molecule has 0 aliphatic carbocycles. The lowest BCUT2D eigenvalue weighted by atomic mass is 10.0. The molecule has 1 atom stereocenters. The molecule has 1 aromatic carbocycles. The molecule has 4 nitrogen and oxygen atoms in total. The minimum atomic E-state index is -0.965. The summed E-state index contributed by atoms with van der Waals surface area (Å²) >= 11 is 0.